The van der Waals surface area contributed by atoms with Crippen LogP contribution >= 0.6 is 11.6 Å². The second-order valence-electron chi connectivity index (χ2n) is 7.27. The summed E-state index contributed by atoms with van der Waals surface area (Å²) in [4.78, 5) is 26.4. The average Bonchev–Trinajstić information content (AvgIpc) is 2.77. The minimum absolute atomic E-state index is 0.0404. The molecule has 0 bridgehead atoms. The first kappa shape index (κ1) is 21.5. The first-order valence-electron chi connectivity index (χ1n) is 10.1. The molecule has 0 fully saturated rings. The minimum atomic E-state index is -0.412. The Kier molecular flexibility index (Phi) is 6.47. The van der Waals surface area contributed by atoms with Gasteiger partial charge in [-0.2, -0.15) is 0 Å². The SMILES string of the molecule is Cc1cccc(OCCN2C(=O)COc3ccc(NC(=O)Nc4ccc(Cl)cc4)cc32)c1. The van der Waals surface area contributed by atoms with Crippen LogP contribution in [0.3, 0.4) is 0 Å². The average molecular weight is 452 g/mol. The lowest BCUT2D eigenvalue weighted by Gasteiger charge is -2.29. The summed E-state index contributed by atoms with van der Waals surface area (Å²) in [5, 5.41) is 6.09. The molecule has 1 aliphatic heterocycles. The van der Waals surface area contributed by atoms with E-state index < -0.39 is 6.03 Å². The number of ether oxygens (including phenoxy) is 2. The van der Waals surface area contributed by atoms with E-state index in [1.165, 1.54) is 0 Å². The zero-order valence-electron chi connectivity index (χ0n) is 17.4. The summed E-state index contributed by atoms with van der Waals surface area (Å²) in [5.41, 5.74) is 2.82. The van der Waals surface area contributed by atoms with Crippen LogP contribution in [-0.4, -0.2) is 31.7 Å². The zero-order valence-corrected chi connectivity index (χ0v) is 18.2. The van der Waals surface area contributed by atoms with Gasteiger partial charge in [0.15, 0.2) is 6.61 Å². The molecule has 164 valence electrons. The number of carbonyl (C=O) groups excluding carboxylic acids is 2. The minimum Gasteiger partial charge on any atom is -0.492 e. The third-order valence-corrected chi connectivity index (χ3v) is 5.09. The highest BCUT2D eigenvalue weighted by Crippen LogP contribution is 2.34. The lowest BCUT2D eigenvalue weighted by atomic mass is 10.2. The fourth-order valence-corrected chi connectivity index (χ4v) is 3.44. The quantitative estimate of drug-likeness (QED) is 0.546. The number of rotatable bonds is 6. The lowest BCUT2D eigenvalue weighted by Crippen LogP contribution is -2.41. The summed E-state index contributed by atoms with van der Waals surface area (Å²) < 4.78 is 11.3. The van der Waals surface area contributed by atoms with E-state index in [0.717, 1.165) is 11.3 Å². The molecule has 7 nitrogen and oxygen atoms in total. The van der Waals surface area contributed by atoms with Gasteiger partial charge in [-0.1, -0.05) is 23.7 Å². The summed E-state index contributed by atoms with van der Waals surface area (Å²) in [6, 6.07) is 19.3. The Morgan fingerprint density at radius 2 is 1.81 bits per heavy atom. The van der Waals surface area contributed by atoms with Gasteiger partial charge in [-0.15, -0.1) is 0 Å². The fourth-order valence-electron chi connectivity index (χ4n) is 3.31. The van der Waals surface area contributed by atoms with Gasteiger partial charge in [0.05, 0.1) is 12.2 Å². The van der Waals surface area contributed by atoms with Crippen molar-refractivity contribution in [3.05, 3.63) is 77.3 Å². The molecule has 32 heavy (non-hydrogen) atoms. The predicted octanol–water partition coefficient (Wildman–Crippen LogP) is 5.10. The molecule has 0 unspecified atom stereocenters. The number of anilines is 3. The van der Waals surface area contributed by atoms with Crippen molar-refractivity contribution in [2.75, 3.05) is 35.3 Å². The van der Waals surface area contributed by atoms with Crippen LogP contribution in [-0.2, 0) is 4.79 Å². The number of halogens is 1. The molecule has 3 amide bonds. The van der Waals surface area contributed by atoms with Crippen LogP contribution in [0.5, 0.6) is 11.5 Å². The number of amides is 3. The molecule has 2 N–H and O–H groups in total. The summed E-state index contributed by atoms with van der Waals surface area (Å²) in [5.74, 6) is 1.15. The highest BCUT2D eigenvalue weighted by molar-refractivity contribution is 6.30. The van der Waals surface area contributed by atoms with Crippen LogP contribution in [0.4, 0.5) is 21.9 Å². The van der Waals surface area contributed by atoms with E-state index in [2.05, 4.69) is 10.6 Å². The Balaban J connectivity index is 1.42. The zero-order chi connectivity index (χ0) is 22.5. The fraction of sp³-hybridized carbons (Fsp3) is 0.167. The molecule has 0 aromatic heterocycles. The molecule has 3 aromatic rings. The van der Waals surface area contributed by atoms with Gasteiger partial charge in [0.25, 0.3) is 5.91 Å². The second-order valence-corrected chi connectivity index (χ2v) is 7.70. The Morgan fingerprint density at radius 3 is 2.59 bits per heavy atom. The van der Waals surface area contributed by atoms with Crippen molar-refractivity contribution in [2.24, 2.45) is 0 Å². The smallest absolute Gasteiger partial charge is 0.323 e. The van der Waals surface area contributed by atoms with Crippen molar-refractivity contribution < 1.29 is 19.1 Å². The molecule has 0 saturated carbocycles. The number of hydrogen-bond acceptors (Lipinski definition) is 4. The topological polar surface area (TPSA) is 79.9 Å². The normalized spacial score (nSPS) is 12.6. The van der Waals surface area contributed by atoms with Crippen LogP contribution in [0.15, 0.2) is 66.7 Å². The molecular formula is C24H22ClN3O4. The van der Waals surface area contributed by atoms with Gasteiger partial charge in [0.1, 0.15) is 18.1 Å². The molecule has 8 heteroatoms. The first-order valence-corrected chi connectivity index (χ1v) is 10.5. The molecule has 0 spiro atoms. The van der Waals surface area contributed by atoms with Crippen LogP contribution in [0.1, 0.15) is 5.56 Å². The third-order valence-electron chi connectivity index (χ3n) is 4.84. The largest absolute Gasteiger partial charge is 0.492 e. The van der Waals surface area contributed by atoms with E-state index in [-0.39, 0.29) is 12.5 Å². The Bertz CT molecular complexity index is 1130. The molecule has 4 rings (SSSR count). The number of hydrogen-bond donors (Lipinski definition) is 2. The highest BCUT2D eigenvalue weighted by Gasteiger charge is 2.26. The van der Waals surface area contributed by atoms with Crippen molar-refractivity contribution in [1.29, 1.82) is 0 Å². The van der Waals surface area contributed by atoms with Gasteiger partial charge in [0.2, 0.25) is 0 Å². The predicted molar refractivity (Wildman–Crippen MR) is 125 cm³/mol. The van der Waals surface area contributed by atoms with Crippen molar-refractivity contribution in [3.8, 4) is 11.5 Å². The van der Waals surface area contributed by atoms with E-state index in [0.29, 0.717) is 41.0 Å². The van der Waals surface area contributed by atoms with Crippen molar-refractivity contribution >= 4 is 40.6 Å². The number of benzene rings is 3. The number of fused-ring (bicyclic) bond motifs is 1. The van der Waals surface area contributed by atoms with Crippen molar-refractivity contribution in [3.63, 3.8) is 0 Å². The van der Waals surface area contributed by atoms with Gasteiger partial charge in [-0.3, -0.25) is 4.79 Å². The summed E-state index contributed by atoms with van der Waals surface area (Å²) >= 11 is 5.87. The van der Waals surface area contributed by atoms with Gasteiger partial charge in [-0.05, 0) is 67.1 Å². The monoisotopic (exact) mass is 451 g/mol. The number of carbonyl (C=O) groups is 2. The van der Waals surface area contributed by atoms with Gasteiger partial charge < -0.3 is 25.0 Å². The number of urea groups is 1. The summed E-state index contributed by atoms with van der Waals surface area (Å²) in [6.07, 6.45) is 0. The van der Waals surface area contributed by atoms with E-state index in [9.17, 15) is 9.59 Å². The Hall–Kier alpha value is -3.71. The van der Waals surface area contributed by atoms with E-state index >= 15 is 0 Å². The summed E-state index contributed by atoms with van der Waals surface area (Å²) in [7, 11) is 0. The maximum atomic E-state index is 12.5. The molecule has 3 aromatic carbocycles. The van der Waals surface area contributed by atoms with Crippen molar-refractivity contribution in [1.82, 2.24) is 0 Å². The second kappa shape index (κ2) is 9.62. The molecular weight excluding hydrogens is 430 g/mol. The summed E-state index contributed by atoms with van der Waals surface area (Å²) in [6.45, 7) is 2.63. The molecule has 1 aliphatic rings. The van der Waals surface area contributed by atoms with Gasteiger partial charge in [-0.25, -0.2) is 4.79 Å². The molecule has 0 aliphatic carbocycles. The maximum absolute atomic E-state index is 12.5. The number of nitrogens with zero attached hydrogens (tertiary/aromatic N) is 1. The van der Waals surface area contributed by atoms with Crippen LogP contribution in [0, 0.1) is 6.92 Å². The van der Waals surface area contributed by atoms with Gasteiger partial charge >= 0.3 is 6.03 Å². The molecule has 0 saturated heterocycles. The number of aryl methyl sites for hydroxylation is 1. The van der Waals surface area contributed by atoms with Crippen molar-refractivity contribution in [2.45, 2.75) is 6.92 Å². The number of nitrogens with one attached hydrogen (secondary N) is 2. The Labute approximate surface area is 190 Å². The van der Waals surface area contributed by atoms with Crippen LogP contribution in [0.25, 0.3) is 0 Å². The van der Waals surface area contributed by atoms with E-state index in [4.69, 9.17) is 21.1 Å². The standard InChI is InChI=1S/C24H22ClN3O4/c1-16-3-2-4-20(13-16)31-12-11-28-21-14-19(9-10-22(21)32-15-23(28)29)27-24(30)26-18-7-5-17(25)6-8-18/h2-10,13-14H,11-12,15H2,1H3,(H2,26,27,30). The first-order chi connectivity index (χ1) is 15.5. The Morgan fingerprint density at radius 1 is 1.06 bits per heavy atom. The molecule has 0 atom stereocenters. The third kappa shape index (κ3) is 5.31. The molecule has 0 radical (unpaired) electrons. The van der Waals surface area contributed by atoms with E-state index in [1.54, 1.807) is 47.4 Å². The lowest BCUT2D eigenvalue weighted by molar-refractivity contribution is -0.121. The van der Waals surface area contributed by atoms with Crippen LogP contribution < -0.4 is 25.0 Å². The molecule has 1 heterocycles. The maximum Gasteiger partial charge on any atom is 0.323 e. The highest BCUT2D eigenvalue weighted by atomic mass is 35.5. The van der Waals surface area contributed by atoms with Gasteiger partial charge in [0, 0.05) is 16.4 Å². The van der Waals surface area contributed by atoms with Crippen LogP contribution in [0.2, 0.25) is 5.02 Å². The van der Waals surface area contributed by atoms with E-state index in [1.807, 2.05) is 31.2 Å².